The lowest BCUT2D eigenvalue weighted by Crippen LogP contribution is -2.24. The Balaban J connectivity index is 2.61. The second kappa shape index (κ2) is 6.50. The molecule has 0 unspecified atom stereocenters. The van der Waals surface area contributed by atoms with Crippen molar-refractivity contribution in [3.8, 4) is 0 Å². The number of likely N-dealkylation sites (N-methyl/N-ethyl adjacent to an activating group) is 1. The minimum Gasteiger partial charge on any atom is -0.372 e. The number of hydrogen-bond acceptors (Lipinski definition) is 5. The van der Waals surface area contributed by atoms with Crippen molar-refractivity contribution < 1.29 is 21.9 Å². The molecule has 0 aliphatic heterocycles. The Morgan fingerprint density at radius 3 is 2.74 bits per heavy atom. The van der Waals surface area contributed by atoms with Crippen LogP contribution in [0.3, 0.4) is 0 Å². The summed E-state index contributed by atoms with van der Waals surface area (Å²) >= 11 is 0. The quantitative estimate of drug-likeness (QED) is 0.755. The largest absolute Gasteiger partial charge is 0.397 e. The first-order chi connectivity index (χ1) is 8.78. The van der Waals surface area contributed by atoms with E-state index in [1.54, 1.807) is 36.2 Å². The van der Waals surface area contributed by atoms with E-state index in [2.05, 4.69) is 9.50 Å². The second-order valence-electron chi connectivity index (χ2n) is 3.90. The zero-order chi connectivity index (χ0) is 14.5. The third-order valence-electron chi connectivity index (χ3n) is 2.27. The van der Waals surface area contributed by atoms with E-state index in [1.807, 2.05) is 0 Å². The summed E-state index contributed by atoms with van der Waals surface area (Å²) in [6.07, 6.45) is 0. The van der Waals surface area contributed by atoms with Crippen molar-refractivity contribution >= 4 is 27.7 Å². The van der Waals surface area contributed by atoms with E-state index < -0.39 is 10.4 Å². The van der Waals surface area contributed by atoms with Crippen molar-refractivity contribution in [1.82, 2.24) is 0 Å². The number of rotatable bonds is 6. The molecule has 0 aliphatic carbocycles. The van der Waals surface area contributed by atoms with Gasteiger partial charge in [0.05, 0.1) is 6.61 Å². The van der Waals surface area contributed by atoms with Gasteiger partial charge in [-0.25, -0.2) is 4.18 Å². The van der Waals surface area contributed by atoms with E-state index in [4.69, 9.17) is 4.55 Å². The summed E-state index contributed by atoms with van der Waals surface area (Å²) in [6, 6.07) is 7.06. The van der Waals surface area contributed by atoms with E-state index in [-0.39, 0.29) is 19.1 Å². The highest BCUT2D eigenvalue weighted by Crippen LogP contribution is 2.18. The van der Waals surface area contributed by atoms with Crippen molar-refractivity contribution in [3.05, 3.63) is 24.3 Å². The molecule has 0 atom stereocenters. The van der Waals surface area contributed by atoms with Crippen molar-refractivity contribution in [3.63, 3.8) is 0 Å². The molecule has 1 aromatic carbocycles. The maximum atomic E-state index is 10.9. The van der Waals surface area contributed by atoms with E-state index in [0.29, 0.717) is 5.69 Å². The lowest BCUT2D eigenvalue weighted by molar-refractivity contribution is -0.114. The number of carbonyl (C=O) groups is 1. The molecule has 0 aromatic heterocycles. The van der Waals surface area contributed by atoms with Crippen molar-refractivity contribution in [1.29, 1.82) is 0 Å². The van der Waals surface area contributed by atoms with Crippen LogP contribution in [0.5, 0.6) is 0 Å². The molecule has 1 rings (SSSR count). The molecule has 0 fully saturated rings. The van der Waals surface area contributed by atoms with E-state index in [9.17, 15) is 13.2 Å². The smallest absolute Gasteiger partial charge is 0.372 e. The lowest BCUT2D eigenvalue weighted by atomic mass is 10.2. The molecule has 7 nitrogen and oxygen atoms in total. The van der Waals surface area contributed by atoms with Crippen LogP contribution in [0.2, 0.25) is 0 Å². The maximum Gasteiger partial charge on any atom is 0.397 e. The Hall–Kier alpha value is -1.64. The Labute approximate surface area is 112 Å². The van der Waals surface area contributed by atoms with Crippen LogP contribution in [0.1, 0.15) is 6.92 Å². The summed E-state index contributed by atoms with van der Waals surface area (Å²) in [5.41, 5.74) is 1.43. The number of benzene rings is 1. The molecule has 0 spiro atoms. The summed E-state index contributed by atoms with van der Waals surface area (Å²) in [4.78, 5) is 12.7. The summed E-state index contributed by atoms with van der Waals surface area (Å²) in [7, 11) is -2.67. The monoisotopic (exact) mass is 288 g/mol. The van der Waals surface area contributed by atoms with Gasteiger partial charge < -0.3 is 10.2 Å². The highest BCUT2D eigenvalue weighted by atomic mass is 32.3. The van der Waals surface area contributed by atoms with Gasteiger partial charge in [-0.1, -0.05) is 6.07 Å². The summed E-state index contributed by atoms with van der Waals surface area (Å²) in [5.74, 6) is -0.172. The molecule has 0 bridgehead atoms. The van der Waals surface area contributed by atoms with Crippen LogP contribution in [-0.2, 0) is 19.4 Å². The van der Waals surface area contributed by atoms with Crippen LogP contribution in [0.25, 0.3) is 0 Å². The molecular weight excluding hydrogens is 272 g/mol. The van der Waals surface area contributed by atoms with Crippen LogP contribution in [0.4, 0.5) is 11.4 Å². The molecule has 0 heterocycles. The highest BCUT2D eigenvalue weighted by molar-refractivity contribution is 7.80. The normalized spacial score (nSPS) is 11.1. The maximum absolute atomic E-state index is 10.9. The van der Waals surface area contributed by atoms with Gasteiger partial charge in [0.2, 0.25) is 5.91 Å². The van der Waals surface area contributed by atoms with Gasteiger partial charge in [0.25, 0.3) is 0 Å². The summed E-state index contributed by atoms with van der Waals surface area (Å²) < 4.78 is 33.4. The molecule has 2 N–H and O–H groups in total. The standard InChI is InChI=1S/C11H16N2O5S/c1-9(14)12-10-4-3-5-11(8-10)13(2)6-7-18-19(15,16)17/h3-5,8H,6-7H2,1-2H3,(H,12,14)(H,15,16,17). The topological polar surface area (TPSA) is 95.9 Å². The lowest BCUT2D eigenvalue weighted by Gasteiger charge is -2.19. The first-order valence-corrected chi connectivity index (χ1v) is 6.85. The van der Waals surface area contributed by atoms with Gasteiger partial charge >= 0.3 is 10.4 Å². The third-order valence-corrected chi connectivity index (χ3v) is 2.73. The molecule has 19 heavy (non-hydrogen) atoms. The third kappa shape index (κ3) is 6.18. The number of hydrogen-bond donors (Lipinski definition) is 2. The highest BCUT2D eigenvalue weighted by Gasteiger charge is 2.07. The fourth-order valence-corrected chi connectivity index (χ4v) is 1.72. The molecule has 1 amide bonds. The number of carbonyl (C=O) groups excluding carboxylic acids is 1. The number of nitrogens with one attached hydrogen (secondary N) is 1. The minimum absolute atomic E-state index is 0.167. The fourth-order valence-electron chi connectivity index (χ4n) is 1.43. The van der Waals surface area contributed by atoms with Gasteiger partial charge in [-0.05, 0) is 18.2 Å². The van der Waals surface area contributed by atoms with E-state index in [1.165, 1.54) is 6.92 Å². The predicted molar refractivity (Wildman–Crippen MR) is 71.5 cm³/mol. The molecule has 106 valence electrons. The van der Waals surface area contributed by atoms with Gasteiger partial charge in [0.1, 0.15) is 0 Å². The predicted octanol–water partition coefficient (Wildman–Crippen LogP) is 0.901. The van der Waals surface area contributed by atoms with E-state index >= 15 is 0 Å². The average Bonchev–Trinajstić information content (AvgIpc) is 2.26. The van der Waals surface area contributed by atoms with Gasteiger partial charge in [0.15, 0.2) is 0 Å². The van der Waals surface area contributed by atoms with Crippen molar-refractivity contribution in [2.75, 3.05) is 30.4 Å². The zero-order valence-electron chi connectivity index (χ0n) is 10.7. The fraction of sp³-hybridized carbons (Fsp3) is 0.364. The molecular formula is C11H16N2O5S. The molecule has 0 saturated heterocycles. The molecule has 1 aromatic rings. The van der Waals surface area contributed by atoms with Crippen LogP contribution >= 0.6 is 0 Å². The Bertz CT molecular complexity index is 544. The van der Waals surface area contributed by atoms with Crippen LogP contribution in [0, 0.1) is 0 Å². The SMILES string of the molecule is CC(=O)Nc1cccc(N(C)CCOS(=O)(=O)O)c1. The Morgan fingerprint density at radius 2 is 2.16 bits per heavy atom. The Kier molecular flexibility index (Phi) is 5.28. The molecule has 8 heteroatoms. The van der Waals surface area contributed by atoms with E-state index in [0.717, 1.165) is 5.69 Å². The van der Waals surface area contributed by atoms with Crippen molar-refractivity contribution in [2.45, 2.75) is 6.92 Å². The van der Waals surface area contributed by atoms with Gasteiger partial charge in [-0.15, -0.1) is 0 Å². The number of nitrogens with zero attached hydrogens (tertiary/aromatic N) is 1. The molecule has 0 radical (unpaired) electrons. The van der Waals surface area contributed by atoms with Crippen molar-refractivity contribution in [2.24, 2.45) is 0 Å². The first-order valence-electron chi connectivity index (χ1n) is 5.48. The minimum atomic E-state index is -4.41. The van der Waals surface area contributed by atoms with Crippen LogP contribution in [-0.4, -0.2) is 39.1 Å². The second-order valence-corrected chi connectivity index (χ2v) is 4.99. The first kappa shape index (κ1) is 15.4. The average molecular weight is 288 g/mol. The molecule has 0 aliphatic rings. The Morgan fingerprint density at radius 1 is 1.47 bits per heavy atom. The summed E-state index contributed by atoms with van der Waals surface area (Å²) in [6.45, 7) is 1.51. The number of amides is 1. The van der Waals surface area contributed by atoms with Gasteiger partial charge in [0, 0.05) is 31.9 Å². The van der Waals surface area contributed by atoms with Crippen LogP contribution < -0.4 is 10.2 Å². The zero-order valence-corrected chi connectivity index (χ0v) is 11.5. The van der Waals surface area contributed by atoms with Gasteiger partial charge in [-0.3, -0.25) is 9.35 Å². The van der Waals surface area contributed by atoms with Crippen LogP contribution in [0.15, 0.2) is 24.3 Å². The number of anilines is 2. The molecule has 0 saturated carbocycles. The van der Waals surface area contributed by atoms with Gasteiger partial charge in [-0.2, -0.15) is 8.42 Å². The summed E-state index contributed by atoms with van der Waals surface area (Å²) in [5, 5.41) is 2.65.